The van der Waals surface area contributed by atoms with Crippen molar-refractivity contribution >= 4 is 12.2 Å². The fraction of sp³-hybridized carbons (Fsp3) is 0.381. The molecule has 1 aromatic carbocycles. The molecule has 0 amide bonds. The van der Waals surface area contributed by atoms with Gasteiger partial charge in [0.2, 0.25) is 0 Å². The average Bonchev–Trinajstić information content (AvgIpc) is 3.48. The molecule has 2 heterocycles. The van der Waals surface area contributed by atoms with E-state index in [1.807, 2.05) is 29.2 Å². The molecule has 5 nitrogen and oxygen atoms in total. The number of aromatic nitrogens is 4. The zero-order valence-corrected chi connectivity index (χ0v) is 16.5. The lowest BCUT2D eigenvalue weighted by atomic mass is 10.2. The van der Waals surface area contributed by atoms with E-state index in [4.69, 9.17) is 17.3 Å². The summed E-state index contributed by atoms with van der Waals surface area (Å²) >= 11 is 5.82. The van der Waals surface area contributed by atoms with Gasteiger partial charge in [0.15, 0.2) is 10.6 Å². The van der Waals surface area contributed by atoms with Crippen molar-refractivity contribution in [1.82, 2.24) is 24.2 Å². The topological polar surface area (TPSA) is 38.9 Å². The van der Waals surface area contributed by atoms with E-state index in [1.54, 1.807) is 0 Å². The summed E-state index contributed by atoms with van der Waals surface area (Å²) in [5.41, 5.74) is 2.39. The van der Waals surface area contributed by atoms with Gasteiger partial charge in [-0.3, -0.25) is 14.5 Å². The molecule has 6 heteroatoms. The lowest BCUT2D eigenvalue weighted by molar-refractivity contribution is 0.197. The summed E-state index contributed by atoms with van der Waals surface area (Å²) in [7, 11) is 0. The molecule has 1 saturated carbocycles. The van der Waals surface area contributed by atoms with Gasteiger partial charge in [0.1, 0.15) is 0 Å². The molecular formula is C21H25N5S. The molecule has 4 rings (SSSR count). The van der Waals surface area contributed by atoms with Crippen LogP contribution in [-0.2, 0) is 13.2 Å². The van der Waals surface area contributed by atoms with Crippen LogP contribution in [0, 0.1) is 4.77 Å². The van der Waals surface area contributed by atoms with Crippen LogP contribution in [-0.4, -0.2) is 30.8 Å². The first-order valence-electron chi connectivity index (χ1n) is 9.62. The van der Waals surface area contributed by atoms with Crippen molar-refractivity contribution in [3.8, 4) is 11.4 Å². The minimum atomic E-state index is 0.489. The summed E-state index contributed by atoms with van der Waals surface area (Å²) in [6.07, 6.45) is 7.09. The van der Waals surface area contributed by atoms with Gasteiger partial charge in [0, 0.05) is 30.5 Å². The summed E-state index contributed by atoms with van der Waals surface area (Å²) < 4.78 is 5.04. The zero-order chi connectivity index (χ0) is 18.6. The van der Waals surface area contributed by atoms with Crippen LogP contribution in [0.2, 0.25) is 0 Å². The molecule has 0 atom stereocenters. The number of benzene rings is 1. The van der Waals surface area contributed by atoms with E-state index in [0.29, 0.717) is 12.7 Å². The molecule has 1 fully saturated rings. The van der Waals surface area contributed by atoms with Gasteiger partial charge in [-0.25, -0.2) is 4.68 Å². The Bertz CT molecular complexity index is 928. The van der Waals surface area contributed by atoms with Crippen molar-refractivity contribution in [3.63, 3.8) is 0 Å². The van der Waals surface area contributed by atoms with E-state index in [9.17, 15) is 0 Å². The van der Waals surface area contributed by atoms with Crippen molar-refractivity contribution in [1.29, 1.82) is 0 Å². The highest BCUT2D eigenvalue weighted by Gasteiger charge is 2.29. The summed E-state index contributed by atoms with van der Waals surface area (Å²) in [6.45, 7) is 4.83. The van der Waals surface area contributed by atoms with E-state index in [2.05, 4.69) is 51.7 Å². The molecule has 0 aliphatic heterocycles. The number of hydrogen-bond donors (Lipinski definition) is 0. The van der Waals surface area contributed by atoms with Crippen LogP contribution in [0.25, 0.3) is 11.4 Å². The van der Waals surface area contributed by atoms with Gasteiger partial charge in [-0.05, 0) is 55.7 Å². The maximum Gasteiger partial charge on any atom is 0.199 e. The summed E-state index contributed by atoms with van der Waals surface area (Å²) in [4.78, 5) is 6.54. The van der Waals surface area contributed by atoms with Gasteiger partial charge in [0.25, 0.3) is 0 Å². The largest absolute Gasteiger partial charge is 0.297 e. The third kappa shape index (κ3) is 4.17. The van der Waals surface area contributed by atoms with Gasteiger partial charge in [-0.1, -0.05) is 37.3 Å². The standard InChI is InChI=1S/C21H25N5S/c1-2-14-24(15-17-6-4-3-5-7-17)16-25-21(27)26(19-8-9-19)20(23-25)18-10-12-22-13-11-18/h3-7,10-13,19H,2,8-9,14-16H2,1H3. The van der Waals surface area contributed by atoms with Crippen LogP contribution in [0.3, 0.4) is 0 Å². The van der Waals surface area contributed by atoms with Crippen LogP contribution < -0.4 is 0 Å². The van der Waals surface area contributed by atoms with Gasteiger partial charge in [-0.2, -0.15) is 5.10 Å². The van der Waals surface area contributed by atoms with Crippen LogP contribution in [0.15, 0.2) is 54.9 Å². The highest BCUT2D eigenvalue weighted by molar-refractivity contribution is 7.71. The minimum Gasteiger partial charge on any atom is -0.297 e. The monoisotopic (exact) mass is 379 g/mol. The summed E-state index contributed by atoms with van der Waals surface area (Å²) in [5.74, 6) is 0.959. The molecule has 1 aliphatic rings. The number of rotatable bonds is 8. The summed E-state index contributed by atoms with van der Waals surface area (Å²) in [6, 6.07) is 15.1. The third-order valence-corrected chi connectivity index (χ3v) is 5.25. The first-order valence-corrected chi connectivity index (χ1v) is 10.0. The third-order valence-electron chi connectivity index (χ3n) is 4.84. The molecule has 0 spiro atoms. The quantitative estimate of drug-likeness (QED) is 0.533. The predicted octanol–water partition coefficient (Wildman–Crippen LogP) is 4.68. The minimum absolute atomic E-state index is 0.489. The van der Waals surface area contributed by atoms with E-state index < -0.39 is 0 Å². The van der Waals surface area contributed by atoms with Crippen LogP contribution >= 0.6 is 12.2 Å². The zero-order valence-electron chi connectivity index (χ0n) is 15.7. The first kappa shape index (κ1) is 18.1. The SMILES string of the molecule is CCCN(Cc1ccccc1)Cn1nc(-c2ccncc2)n(C2CC2)c1=S. The molecule has 0 N–H and O–H groups in total. The molecule has 140 valence electrons. The molecule has 0 unspecified atom stereocenters. The fourth-order valence-electron chi connectivity index (χ4n) is 3.42. The summed E-state index contributed by atoms with van der Waals surface area (Å²) in [5, 5.41) is 4.91. The van der Waals surface area contributed by atoms with Crippen molar-refractivity contribution in [3.05, 3.63) is 65.2 Å². The smallest absolute Gasteiger partial charge is 0.199 e. The highest BCUT2D eigenvalue weighted by Crippen LogP contribution is 2.38. The Balaban J connectivity index is 1.63. The first-order chi connectivity index (χ1) is 13.3. The van der Waals surface area contributed by atoms with Gasteiger partial charge in [-0.15, -0.1) is 0 Å². The second kappa shape index (κ2) is 8.15. The number of pyridine rings is 1. The molecular weight excluding hydrogens is 354 g/mol. The fourth-order valence-corrected chi connectivity index (χ4v) is 3.75. The van der Waals surface area contributed by atoms with Crippen LogP contribution in [0.1, 0.15) is 37.8 Å². The second-order valence-corrected chi connectivity index (χ2v) is 7.49. The van der Waals surface area contributed by atoms with Crippen molar-refractivity contribution in [2.75, 3.05) is 6.54 Å². The van der Waals surface area contributed by atoms with Crippen molar-refractivity contribution < 1.29 is 0 Å². The molecule has 2 aromatic heterocycles. The average molecular weight is 380 g/mol. The molecule has 3 aromatic rings. The Hall–Kier alpha value is -2.31. The van der Waals surface area contributed by atoms with Crippen LogP contribution in [0.5, 0.6) is 0 Å². The number of nitrogens with zero attached hydrogens (tertiary/aromatic N) is 5. The van der Waals surface area contributed by atoms with E-state index in [1.165, 1.54) is 18.4 Å². The predicted molar refractivity (Wildman–Crippen MR) is 110 cm³/mol. The Morgan fingerprint density at radius 3 is 2.52 bits per heavy atom. The lowest BCUT2D eigenvalue weighted by Gasteiger charge is -2.21. The Morgan fingerprint density at radius 2 is 1.85 bits per heavy atom. The van der Waals surface area contributed by atoms with Crippen molar-refractivity contribution in [2.45, 2.75) is 45.4 Å². The maximum atomic E-state index is 5.82. The van der Waals surface area contributed by atoms with Gasteiger partial charge in [0.05, 0.1) is 6.67 Å². The van der Waals surface area contributed by atoms with Gasteiger partial charge >= 0.3 is 0 Å². The van der Waals surface area contributed by atoms with E-state index in [0.717, 1.165) is 35.7 Å². The molecule has 0 bridgehead atoms. The Morgan fingerprint density at radius 1 is 1.11 bits per heavy atom. The van der Waals surface area contributed by atoms with E-state index in [-0.39, 0.29) is 0 Å². The lowest BCUT2D eigenvalue weighted by Crippen LogP contribution is -2.27. The molecule has 0 radical (unpaired) electrons. The molecule has 0 saturated heterocycles. The normalized spacial score (nSPS) is 14.0. The van der Waals surface area contributed by atoms with Gasteiger partial charge < -0.3 is 0 Å². The highest BCUT2D eigenvalue weighted by atomic mass is 32.1. The second-order valence-electron chi connectivity index (χ2n) is 7.12. The Kier molecular flexibility index (Phi) is 5.45. The maximum absolute atomic E-state index is 5.82. The number of hydrogen-bond acceptors (Lipinski definition) is 4. The Labute approximate surface area is 165 Å². The van der Waals surface area contributed by atoms with Crippen LogP contribution in [0.4, 0.5) is 0 Å². The molecule has 27 heavy (non-hydrogen) atoms. The van der Waals surface area contributed by atoms with Crippen molar-refractivity contribution in [2.24, 2.45) is 0 Å². The van der Waals surface area contributed by atoms with E-state index >= 15 is 0 Å². The molecule has 1 aliphatic carbocycles.